The van der Waals surface area contributed by atoms with Crippen LogP contribution in [0.15, 0.2) is 12.5 Å². The van der Waals surface area contributed by atoms with E-state index in [4.69, 9.17) is 4.74 Å². The first-order chi connectivity index (χ1) is 8.92. The lowest BCUT2D eigenvalue weighted by molar-refractivity contribution is -0.165. The van der Waals surface area contributed by atoms with Crippen molar-refractivity contribution in [3.63, 3.8) is 0 Å². The van der Waals surface area contributed by atoms with Crippen molar-refractivity contribution in [2.24, 2.45) is 7.05 Å². The van der Waals surface area contributed by atoms with Gasteiger partial charge in [0.05, 0.1) is 18.6 Å². The molecule has 0 radical (unpaired) electrons. The van der Waals surface area contributed by atoms with Gasteiger partial charge >= 0.3 is 0 Å². The Labute approximate surface area is 114 Å². The fraction of sp³-hybridized carbons (Fsp3) is 0.692. The topological polar surface area (TPSA) is 50.6 Å². The maximum atomic E-state index is 12.2. The van der Waals surface area contributed by atoms with Crippen LogP contribution in [-0.4, -0.2) is 64.7 Å². The lowest BCUT2D eigenvalue weighted by Gasteiger charge is -2.40. The first-order valence-corrected chi connectivity index (χ1v) is 6.45. The lowest BCUT2D eigenvalue weighted by atomic mass is 10.0. The molecule has 0 N–H and O–H groups in total. The predicted molar refractivity (Wildman–Crippen MR) is 71.5 cm³/mol. The summed E-state index contributed by atoms with van der Waals surface area (Å²) in [6.07, 6.45) is 3.65. The van der Waals surface area contributed by atoms with Crippen LogP contribution < -0.4 is 0 Å². The highest BCUT2D eigenvalue weighted by Crippen LogP contribution is 2.21. The summed E-state index contributed by atoms with van der Waals surface area (Å²) >= 11 is 0. The van der Waals surface area contributed by atoms with Gasteiger partial charge in [0.1, 0.15) is 0 Å². The summed E-state index contributed by atoms with van der Waals surface area (Å²) in [5, 5.41) is 0. The molecular formula is C13H22N4O2. The van der Waals surface area contributed by atoms with Crippen LogP contribution in [0.2, 0.25) is 0 Å². The molecule has 1 aromatic rings. The largest absolute Gasteiger partial charge is 0.363 e. The number of nitrogens with zero attached hydrogens (tertiary/aromatic N) is 4. The van der Waals surface area contributed by atoms with Gasteiger partial charge in [-0.2, -0.15) is 0 Å². The lowest BCUT2D eigenvalue weighted by Crippen LogP contribution is -2.57. The van der Waals surface area contributed by atoms with Crippen molar-refractivity contribution in [3.8, 4) is 0 Å². The monoisotopic (exact) mass is 266 g/mol. The molecule has 106 valence electrons. The van der Waals surface area contributed by atoms with Gasteiger partial charge in [-0.25, -0.2) is 4.98 Å². The Kier molecular flexibility index (Phi) is 3.91. The van der Waals surface area contributed by atoms with Gasteiger partial charge in [-0.15, -0.1) is 0 Å². The van der Waals surface area contributed by atoms with Crippen molar-refractivity contribution in [1.82, 2.24) is 19.4 Å². The van der Waals surface area contributed by atoms with Crippen LogP contribution in [0, 0.1) is 0 Å². The van der Waals surface area contributed by atoms with Crippen LogP contribution >= 0.6 is 0 Å². The van der Waals surface area contributed by atoms with Gasteiger partial charge in [-0.3, -0.25) is 9.69 Å². The van der Waals surface area contributed by atoms with Crippen LogP contribution in [-0.2, 0) is 23.1 Å². The van der Waals surface area contributed by atoms with Crippen molar-refractivity contribution >= 4 is 5.91 Å². The van der Waals surface area contributed by atoms with Crippen molar-refractivity contribution in [2.75, 3.05) is 33.8 Å². The molecule has 2 heterocycles. The third-order valence-corrected chi connectivity index (χ3v) is 3.51. The van der Waals surface area contributed by atoms with Crippen LogP contribution in [0.3, 0.4) is 0 Å². The van der Waals surface area contributed by atoms with Crippen molar-refractivity contribution in [1.29, 1.82) is 0 Å². The van der Waals surface area contributed by atoms with Crippen molar-refractivity contribution in [2.45, 2.75) is 19.1 Å². The molecule has 0 aromatic carbocycles. The third kappa shape index (κ3) is 2.96. The second-order valence-corrected chi connectivity index (χ2v) is 5.49. The van der Waals surface area contributed by atoms with Gasteiger partial charge in [-0.05, 0) is 6.92 Å². The zero-order valence-electron chi connectivity index (χ0n) is 12.1. The number of carbonyl (C=O) groups excluding carboxylic acids is 1. The molecule has 1 atom stereocenters. The minimum Gasteiger partial charge on any atom is -0.363 e. The second-order valence-electron chi connectivity index (χ2n) is 5.49. The van der Waals surface area contributed by atoms with Gasteiger partial charge < -0.3 is 14.2 Å². The molecule has 1 unspecified atom stereocenters. The Bertz CT molecular complexity index is 457. The van der Waals surface area contributed by atoms with E-state index in [1.165, 1.54) is 0 Å². The average Bonchev–Trinajstić information content (AvgIpc) is 2.74. The molecule has 1 aromatic heterocycles. The molecule has 2 rings (SSSR count). The smallest absolute Gasteiger partial charge is 0.255 e. The molecule has 1 aliphatic heterocycles. The second kappa shape index (κ2) is 5.30. The Morgan fingerprint density at radius 1 is 1.58 bits per heavy atom. The van der Waals surface area contributed by atoms with Gasteiger partial charge in [-0.1, -0.05) is 0 Å². The number of likely N-dealkylation sites (N-methyl/N-ethyl adjacent to an activating group) is 1. The van der Waals surface area contributed by atoms with E-state index in [9.17, 15) is 4.79 Å². The molecule has 0 spiro atoms. The number of rotatable bonds is 3. The van der Waals surface area contributed by atoms with Crippen LogP contribution in [0.25, 0.3) is 0 Å². The fourth-order valence-corrected chi connectivity index (χ4v) is 2.45. The number of morpholine rings is 1. The number of hydrogen-bond acceptors (Lipinski definition) is 4. The molecule has 0 saturated carbocycles. The summed E-state index contributed by atoms with van der Waals surface area (Å²) in [5.74, 6) is 0.0159. The third-order valence-electron chi connectivity index (χ3n) is 3.51. The van der Waals surface area contributed by atoms with E-state index >= 15 is 0 Å². The summed E-state index contributed by atoms with van der Waals surface area (Å²) in [4.78, 5) is 20.1. The maximum absolute atomic E-state index is 12.2. The molecule has 0 bridgehead atoms. The number of imidazole rings is 1. The minimum absolute atomic E-state index is 0.0159. The van der Waals surface area contributed by atoms with E-state index < -0.39 is 5.60 Å². The molecular weight excluding hydrogens is 244 g/mol. The maximum Gasteiger partial charge on any atom is 0.255 e. The quantitative estimate of drug-likeness (QED) is 0.778. The van der Waals surface area contributed by atoms with E-state index in [0.29, 0.717) is 13.2 Å². The summed E-state index contributed by atoms with van der Waals surface area (Å²) in [5.41, 5.74) is 0.391. The summed E-state index contributed by atoms with van der Waals surface area (Å²) in [6.45, 7) is 4.67. The fourth-order valence-electron chi connectivity index (χ4n) is 2.45. The summed E-state index contributed by atoms with van der Waals surface area (Å²) in [7, 11) is 5.50. The predicted octanol–water partition coefficient (Wildman–Crippen LogP) is 0.0992. The molecule has 0 aliphatic carbocycles. The van der Waals surface area contributed by atoms with Crippen LogP contribution in [0.5, 0.6) is 0 Å². The zero-order valence-corrected chi connectivity index (χ0v) is 12.1. The van der Waals surface area contributed by atoms with E-state index in [2.05, 4.69) is 9.88 Å². The molecule has 1 fully saturated rings. The van der Waals surface area contributed by atoms with Crippen molar-refractivity contribution < 1.29 is 9.53 Å². The minimum atomic E-state index is -0.750. The van der Waals surface area contributed by atoms with Gasteiger partial charge in [0, 0.05) is 47.0 Å². The summed E-state index contributed by atoms with van der Waals surface area (Å²) in [6, 6.07) is 0. The molecule has 1 saturated heterocycles. The number of hydrogen-bond donors (Lipinski definition) is 0. The molecule has 1 aliphatic rings. The van der Waals surface area contributed by atoms with E-state index in [-0.39, 0.29) is 5.91 Å². The highest BCUT2D eigenvalue weighted by molar-refractivity contribution is 5.84. The number of carbonyl (C=O) groups is 1. The molecule has 6 heteroatoms. The van der Waals surface area contributed by atoms with Crippen molar-refractivity contribution in [3.05, 3.63) is 18.2 Å². The number of ether oxygens (including phenoxy) is 1. The standard InChI is InChI=1S/C13H22N4O2/c1-13(12(18)15(2)3)9-17(5-6-19-13)8-11-7-14-10-16(11)4/h7,10H,5-6,8-9H2,1-4H3. The Balaban J connectivity index is 2.05. The Morgan fingerprint density at radius 2 is 2.32 bits per heavy atom. The van der Waals surface area contributed by atoms with Gasteiger partial charge in [0.15, 0.2) is 5.60 Å². The highest BCUT2D eigenvalue weighted by atomic mass is 16.5. The number of aryl methyl sites for hydroxylation is 1. The molecule has 19 heavy (non-hydrogen) atoms. The van der Waals surface area contributed by atoms with E-state index in [0.717, 1.165) is 18.8 Å². The normalized spacial score (nSPS) is 24.4. The molecule has 1 amide bonds. The van der Waals surface area contributed by atoms with Gasteiger partial charge in [0.2, 0.25) is 0 Å². The average molecular weight is 266 g/mol. The molecule has 6 nitrogen and oxygen atoms in total. The van der Waals surface area contributed by atoms with Crippen LogP contribution in [0.1, 0.15) is 12.6 Å². The first-order valence-electron chi connectivity index (χ1n) is 6.45. The highest BCUT2D eigenvalue weighted by Gasteiger charge is 2.40. The SMILES string of the molecule is CN(C)C(=O)C1(C)CN(Cc2cncn2C)CCO1. The van der Waals surface area contributed by atoms with E-state index in [1.54, 1.807) is 25.3 Å². The summed E-state index contributed by atoms with van der Waals surface area (Å²) < 4.78 is 7.71. The number of amides is 1. The first kappa shape index (κ1) is 14.0. The van der Waals surface area contributed by atoms with Crippen LogP contribution in [0.4, 0.5) is 0 Å². The number of aromatic nitrogens is 2. The van der Waals surface area contributed by atoms with Gasteiger partial charge in [0.25, 0.3) is 5.91 Å². The van der Waals surface area contributed by atoms with E-state index in [1.807, 2.05) is 24.7 Å². The Morgan fingerprint density at radius 3 is 2.89 bits per heavy atom. The zero-order chi connectivity index (χ0) is 14.0. The Hall–Kier alpha value is -1.40.